The lowest BCUT2D eigenvalue weighted by Crippen LogP contribution is -2.07. The number of fused-ring (bicyclic) bond motifs is 9. The number of benzene rings is 7. The molecule has 5 heteroatoms. The largest absolute Gasteiger partial charge is 0.307 e. The second kappa shape index (κ2) is 10.5. The lowest BCUT2D eigenvalue weighted by molar-refractivity contribution is 0.953. The molecule has 10 aromatic rings. The Bertz CT molecular complexity index is 2760. The van der Waals surface area contributed by atoms with Crippen LogP contribution in [0.5, 0.6) is 0 Å². The third-order valence-electron chi connectivity index (χ3n) is 9.35. The van der Waals surface area contributed by atoms with E-state index in [2.05, 4.69) is 137 Å². The van der Waals surface area contributed by atoms with Gasteiger partial charge in [0.2, 0.25) is 5.95 Å². The molecule has 0 atom stereocenters. The molecule has 0 saturated carbocycles. The van der Waals surface area contributed by atoms with Crippen LogP contribution in [-0.4, -0.2) is 24.1 Å². The van der Waals surface area contributed by atoms with Gasteiger partial charge in [-0.2, -0.15) is 9.97 Å². The molecule has 0 bridgehead atoms. The summed E-state index contributed by atoms with van der Waals surface area (Å²) in [4.78, 5) is 15.4. The van der Waals surface area contributed by atoms with Crippen LogP contribution in [0.4, 0.5) is 0 Å². The van der Waals surface area contributed by atoms with E-state index in [1.165, 1.54) is 27.1 Å². The highest BCUT2D eigenvalue weighted by molar-refractivity contribution is 6.26. The van der Waals surface area contributed by atoms with Gasteiger partial charge in [-0.05, 0) is 23.6 Å². The molecular formula is C43H27N5. The molecule has 48 heavy (non-hydrogen) atoms. The molecule has 3 heterocycles. The number of hydrogen-bond acceptors (Lipinski definition) is 3. The van der Waals surface area contributed by atoms with Crippen molar-refractivity contribution in [1.29, 1.82) is 0 Å². The van der Waals surface area contributed by atoms with E-state index < -0.39 is 0 Å². The number of para-hydroxylation sites is 2. The Labute approximate surface area is 276 Å². The fraction of sp³-hybridized carbons (Fsp3) is 0. The van der Waals surface area contributed by atoms with Gasteiger partial charge in [0.15, 0.2) is 11.6 Å². The third-order valence-corrected chi connectivity index (χ3v) is 9.35. The topological polar surface area (TPSA) is 48.5 Å². The van der Waals surface area contributed by atoms with Crippen molar-refractivity contribution in [2.45, 2.75) is 0 Å². The van der Waals surface area contributed by atoms with Crippen LogP contribution in [0.25, 0.3) is 88.8 Å². The van der Waals surface area contributed by atoms with Gasteiger partial charge < -0.3 is 4.57 Å². The molecule has 7 aromatic carbocycles. The molecule has 0 saturated heterocycles. The van der Waals surface area contributed by atoms with Gasteiger partial charge in [0.1, 0.15) is 0 Å². The Morgan fingerprint density at radius 3 is 1.52 bits per heavy atom. The summed E-state index contributed by atoms with van der Waals surface area (Å²) in [7, 11) is 0. The van der Waals surface area contributed by atoms with Gasteiger partial charge in [-0.3, -0.25) is 4.57 Å². The molecule has 5 nitrogen and oxygen atoms in total. The van der Waals surface area contributed by atoms with E-state index in [4.69, 9.17) is 15.0 Å². The zero-order chi connectivity index (χ0) is 31.6. The first-order valence-electron chi connectivity index (χ1n) is 16.1. The zero-order valence-electron chi connectivity index (χ0n) is 25.8. The van der Waals surface area contributed by atoms with E-state index in [-0.39, 0.29) is 0 Å². The quantitative estimate of drug-likeness (QED) is 0.198. The van der Waals surface area contributed by atoms with Crippen LogP contribution in [0.15, 0.2) is 164 Å². The Kier molecular flexibility index (Phi) is 5.81. The summed E-state index contributed by atoms with van der Waals surface area (Å²) in [6.45, 7) is 0. The summed E-state index contributed by atoms with van der Waals surface area (Å²) >= 11 is 0. The van der Waals surface area contributed by atoms with Gasteiger partial charge in [-0.15, -0.1) is 0 Å². The number of rotatable bonds is 4. The van der Waals surface area contributed by atoms with Crippen LogP contribution in [0, 0.1) is 0 Å². The van der Waals surface area contributed by atoms with Crippen molar-refractivity contribution in [1.82, 2.24) is 24.1 Å². The summed E-state index contributed by atoms with van der Waals surface area (Å²) < 4.78 is 4.68. The molecule has 3 aromatic heterocycles. The molecule has 0 aliphatic heterocycles. The van der Waals surface area contributed by atoms with Crippen LogP contribution in [0.1, 0.15) is 0 Å². The molecule has 10 rings (SSSR count). The van der Waals surface area contributed by atoms with E-state index in [0.29, 0.717) is 17.6 Å². The second-order valence-electron chi connectivity index (χ2n) is 12.1. The van der Waals surface area contributed by atoms with Crippen molar-refractivity contribution in [3.05, 3.63) is 164 Å². The molecule has 224 valence electrons. The van der Waals surface area contributed by atoms with Crippen LogP contribution in [0.2, 0.25) is 0 Å². The summed E-state index contributed by atoms with van der Waals surface area (Å²) in [5, 5.41) is 7.09. The maximum Gasteiger partial charge on any atom is 0.238 e. The summed E-state index contributed by atoms with van der Waals surface area (Å²) in [5.41, 5.74) is 7.38. The molecule has 0 fully saturated rings. The van der Waals surface area contributed by atoms with Crippen molar-refractivity contribution in [3.8, 4) is 34.4 Å². The average Bonchev–Trinajstić information content (AvgIpc) is 3.69. The van der Waals surface area contributed by atoms with Crippen molar-refractivity contribution < 1.29 is 0 Å². The third kappa shape index (κ3) is 3.94. The highest BCUT2D eigenvalue weighted by Crippen LogP contribution is 2.43. The number of nitrogens with zero attached hydrogens (tertiary/aromatic N) is 5. The maximum atomic E-state index is 5.22. The van der Waals surface area contributed by atoms with Crippen molar-refractivity contribution in [2.75, 3.05) is 0 Å². The fourth-order valence-electron chi connectivity index (χ4n) is 7.25. The van der Waals surface area contributed by atoms with Gasteiger partial charge in [0.25, 0.3) is 0 Å². The number of aromatic nitrogens is 5. The lowest BCUT2D eigenvalue weighted by atomic mass is 10.0. The van der Waals surface area contributed by atoms with Crippen molar-refractivity contribution in [2.24, 2.45) is 0 Å². The minimum Gasteiger partial charge on any atom is -0.307 e. The van der Waals surface area contributed by atoms with Crippen molar-refractivity contribution >= 4 is 54.4 Å². The van der Waals surface area contributed by atoms with Gasteiger partial charge in [0.05, 0.1) is 22.1 Å². The first-order chi connectivity index (χ1) is 23.8. The molecule has 0 N–H and O–H groups in total. The first-order valence-corrected chi connectivity index (χ1v) is 16.1. The van der Waals surface area contributed by atoms with Crippen LogP contribution < -0.4 is 0 Å². The highest BCUT2D eigenvalue weighted by Gasteiger charge is 2.24. The molecule has 0 aliphatic rings. The first kappa shape index (κ1) is 26.6. The molecule has 0 spiro atoms. The Morgan fingerprint density at radius 2 is 0.833 bits per heavy atom. The van der Waals surface area contributed by atoms with Gasteiger partial charge >= 0.3 is 0 Å². The Hall–Kier alpha value is -6.59. The predicted octanol–water partition coefficient (Wildman–Crippen LogP) is 10.6. The summed E-state index contributed by atoms with van der Waals surface area (Å²) in [5.74, 6) is 1.84. The van der Waals surface area contributed by atoms with E-state index in [9.17, 15) is 0 Å². The molecule has 0 aliphatic carbocycles. The van der Waals surface area contributed by atoms with Crippen molar-refractivity contribution in [3.63, 3.8) is 0 Å². The van der Waals surface area contributed by atoms with Gasteiger partial charge in [0, 0.05) is 43.7 Å². The molecule has 0 radical (unpaired) electrons. The molecule has 0 unspecified atom stereocenters. The van der Waals surface area contributed by atoms with Crippen LogP contribution in [-0.2, 0) is 0 Å². The minimum atomic E-state index is 0.580. The fourth-order valence-corrected chi connectivity index (χ4v) is 7.25. The SMILES string of the molecule is c1ccc(-c2nc(-c3ccccc3)nc(-n3c4ccccc4c4ccc5c6ccc7ccccc7c6n(-c6ccccc6)c5c43)n2)cc1. The standard InChI is InChI=1S/C43H27N5/c1-4-15-29(16-5-1)41-44-42(30-17-6-2-7-18-30)46-43(45-41)48-37-23-13-12-22-33(37)34-26-27-36-35-25-24-28-14-10-11-21-32(28)38(35)47(39(36)40(34)48)31-19-8-3-9-20-31/h1-27H. The monoisotopic (exact) mass is 613 g/mol. The van der Waals surface area contributed by atoms with Gasteiger partial charge in [-0.1, -0.05) is 146 Å². The van der Waals surface area contributed by atoms with Gasteiger partial charge in [-0.25, -0.2) is 4.98 Å². The van der Waals surface area contributed by atoms with E-state index >= 15 is 0 Å². The summed E-state index contributed by atoms with van der Waals surface area (Å²) in [6.07, 6.45) is 0. The normalized spacial score (nSPS) is 11.8. The second-order valence-corrected chi connectivity index (χ2v) is 12.1. The van der Waals surface area contributed by atoms with E-state index in [0.717, 1.165) is 44.1 Å². The van der Waals surface area contributed by atoms with E-state index in [1.807, 2.05) is 36.4 Å². The average molecular weight is 614 g/mol. The lowest BCUT2D eigenvalue weighted by Gasteiger charge is -2.13. The van der Waals surface area contributed by atoms with Crippen LogP contribution in [0.3, 0.4) is 0 Å². The Balaban J connectivity index is 1.42. The van der Waals surface area contributed by atoms with E-state index in [1.54, 1.807) is 0 Å². The summed E-state index contributed by atoms with van der Waals surface area (Å²) in [6, 6.07) is 57.2. The highest BCUT2D eigenvalue weighted by atomic mass is 15.2. The minimum absolute atomic E-state index is 0.580. The maximum absolute atomic E-state index is 5.22. The molecular weight excluding hydrogens is 587 g/mol. The molecule has 0 amide bonds. The number of hydrogen-bond donors (Lipinski definition) is 0. The van der Waals surface area contributed by atoms with Crippen LogP contribution >= 0.6 is 0 Å². The predicted molar refractivity (Wildman–Crippen MR) is 197 cm³/mol. The zero-order valence-corrected chi connectivity index (χ0v) is 25.8. The smallest absolute Gasteiger partial charge is 0.238 e. The Morgan fingerprint density at radius 1 is 0.333 bits per heavy atom.